The number of hydrogen-bond acceptors (Lipinski definition) is 6. The molecule has 0 N–H and O–H groups in total. The molecular formula is C61H95NO6SSi3. The van der Waals surface area contributed by atoms with Crippen molar-refractivity contribution in [3.63, 3.8) is 0 Å². The van der Waals surface area contributed by atoms with E-state index >= 15 is 8.42 Å². The van der Waals surface area contributed by atoms with Crippen LogP contribution in [0.15, 0.2) is 120 Å². The van der Waals surface area contributed by atoms with Gasteiger partial charge in [0.05, 0.1) is 11.5 Å². The van der Waals surface area contributed by atoms with Crippen LogP contribution in [-0.2, 0) is 34.5 Å². The van der Waals surface area contributed by atoms with Gasteiger partial charge in [-0.3, -0.25) is 4.85 Å². The molecule has 4 aromatic rings. The summed E-state index contributed by atoms with van der Waals surface area (Å²) in [4.78, 5) is 2.79. The van der Waals surface area contributed by atoms with E-state index in [0.717, 1.165) is 36.8 Å². The van der Waals surface area contributed by atoms with Crippen molar-refractivity contribution in [2.24, 2.45) is 11.8 Å². The summed E-state index contributed by atoms with van der Waals surface area (Å²) in [5.74, 6) is 0.268. The number of hydrogen-bond donors (Lipinski definition) is 0. The highest BCUT2D eigenvalue weighted by molar-refractivity contribution is 7.93. The van der Waals surface area contributed by atoms with Crippen molar-refractivity contribution in [2.45, 2.75) is 211 Å². The molecule has 4 rings (SSSR count). The van der Waals surface area contributed by atoms with Gasteiger partial charge >= 0.3 is 4.87 Å². The molecule has 72 heavy (non-hydrogen) atoms. The van der Waals surface area contributed by atoms with Crippen LogP contribution in [0.25, 0.3) is 4.85 Å². The second-order valence-electron chi connectivity index (χ2n) is 25.0. The van der Waals surface area contributed by atoms with E-state index in [2.05, 4.69) is 180 Å². The van der Waals surface area contributed by atoms with Crippen LogP contribution < -0.4 is 10.4 Å². The summed E-state index contributed by atoms with van der Waals surface area (Å²) in [5.41, 5.74) is 2.13. The molecule has 0 amide bonds. The predicted octanol–water partition coefficient (Wildman–Crippen LogP) is 15.7. The van der Waals surface area contributed by atoms with Crippen LogP contribution in [0.2, 0.25) is 41.3 Å². The molecule has 7 nitrogen and oxygen atoms in total. The van der Waals surface area contributed by atoms with E-state index in [1.807, 2.05) is 37.3 Å². The molecular weight excluding hydrogens is 959 g/mol. The lowest BCUT2D eigenvalue weighted by atomic mass is 9.91. The van der Waals surface area contributed by atoms with Crippen molar-refractivity contribution >= 4 is 45.2 Å². The van der Waals surface area contributed by atoms with Gasteiger partial charge in [-0.1, -0.05) is 185 Å². The summed E-state index contributed by atoms with van der Waals surface area (Å²) in [6, 6.07) is 38.9. The second kappa shape index (κ2) is 26.0. The highest BCUT2D eigenvalue weighted by atomic mass is 32.2. The van der Waals surface area contributed by atoms with Crippen molar-refractivity contribution in [3.05, 3.63) is 138 Å². The third-order valence-electron chi connectivity index (χ3n) is 16.1. The summed E-state index contributed by atoms with van der Waals surface area (Å²) in [7, 11) is -11.2. The molecule has 0 aliphatic carbocycles. The van der Waals surface area contributed by atoms with Crippen LogP contribution >= 0.6 is 0 Å². The number of nitrogens with zero attached hydrogens (tertiary/aromatic N) is 1. The highest BCUT2D eigenvalue weighted by Gasteiger charge is 2.53. The Labute approximate surface area is 442 Å². The number of aryl methyl sites for hydroxylation is 1. The predicted molar refractivity (Wildman–Crippen MR) is 311 cm³/mol. The first-order valence-corrected chi connectivity index (χ1v) is 36.1. The lowest BCUT2D eigenvalue weighted by Crippen LogP contribution is -2.66. The van der Waals surface area contributed by atoms with Crippen molar-refractivity contribution in [3.8, 4) is 0 Å². The minimum atomic E-state index is -4.07. The monoisotopic (exact) mass is 1050 g/mol. The largest absolute Gasteiger partial charge is 0.414 e. The summed E-state index contributed by atoms with van der Waals surface area (Å²) in [6.07, 6.45) is 5.39. The summed E-state index contributed by atoms with van der Waals surface area (Å²) in [6.45, 7) is 46.8. The molecule has 0 saturated carbocycles. The van der Waals surface area contributed by atoms with Gasteiger partial charge in [-0.2, -0.15) is 0 Å². The SMILES string of the molecule is [C-]#[N+]C(CCC[C@@H](CC[C@H](C)CO[Si](c1ccccc1)(c1ccccc1)C(C)(C)C)O[Si](C)(C)C(C)(C)C)(CC[C@H](C)[C@@H](CCCOCc1ccccc1)O[Si](C)(C)C(C)(C)C)S(=O)(=O)c1ccc(C)cc1. The zero-order valence-electron chi connectivity index (χ0n) is 47.6. The summed E-state index contributed by atoms with van der Waals surface area (Å²) in [5, 5.41) is 2.42. The molecule has 11 heteroatoms. The zero-order valence-corrected chi connectivity index (χ0v) is 51.4. The molecule has 0 aliphatic rings. The minimum absolute atomic E-state index is 0.000728. The number of benzene rings is 4. The van der Waals surface area contributed by atoms with Gasteiger partial charge in [0.15, 0.2) is 16.6 Å². The fourth-order valence-corrected chi connectivity index (χ4v) is 18.8. The average Bonchev–Trinajstić information content (AvgIpc) is 3.31. The number of rotatable bonds is 28. The van der Waals surface area contributed by atoms with Crippen molar-refractivity contribution in [1.82, 2.24) is 0 Å². The molecule has 4 aromatic carbocycles. The van der Waals surface area contributed by atoms with Gasteiger partial charge < -0.3 is 18.0 Å². The van der Waals surface area contributed by atoms with Gasteiger partial charge in [-0.25, -0.2) is 15.0 Å². The zero-order chi connectivity index (χ0) is 53.7. The molecule has 0 bridgehead atoms. The lowest BCUT2D eigenvalue weighted by Gasteiger charge is -2.43. The van der Waals surface area contributed by atoms with Crippen LogP contribution in [0.1, 0.15) is 145 Å². The van der Waals surface area contributed by atoms with E-state index in [9.17, 15) is 0 Å². The number of ether oxygens (including phenoxy) is 1. The van der Waals surface area contributed by atoms with E-state index in [0.29, 0.717) is 39.1 Å². The summed E-state index contributed by atoms with van der Waals surface area (Å²) < 4.78 is 58.1. The third kappa shape index (κ3) is 16.2. The Bertz CT molecular complexity index is 2330. The van der Waals surface area contributed by atoms with Gasteiger partial charge in [0.2, 0.25) is 0 Å². The first-order chi connectivity index (χ1) is 33.5. The quantitative estimate of drug-likeness (QED) is 0.0320. The Hall–Kier alpha value is -3.19. The fraction of sp³-hybridized carbons (Fsp3) is 0.590. The van der Waals surface area contributed by atoms with Crippen LogP contribution in [-0.4, -0.2) is 63.7 Å². The topological polar surface area (TPSA) is 75.4 Å². The first-order valence-electron chi connectivity index (χ1n) is 26.9. The van der Waals surface area contributed by atoms with Gasteiger partial charge in [-0.15, -0.1) is 0 Å². The molecule has 0 radical (unpaired) electrons. The standard InChI is InChI=1S/C61H95NO6SSi3/c1-49-38-41-54(42-39-49)69(63,64)61(62-13,45-43-51(3)57(68-71(16,17)59(7,8)9)36-28-46-65-48-52-29-21-18-22-30-52)44-27-31-53(67-70(14,15)58(4,5)6)40-37-50(2)47-66-72(60(10,11)12,55-32-23-19-24-33-55)56-34-25-20-26-35-56/h18-26,29-30,32-35,38-39,41-42,50-51,53,57H,27-28,31,36-37,40,43-48H2,1-12,14-17H3/t50-,51-,53-,57+,61?/m0/s1. The molecule has 0 heterocycles. The van der Waals surface area contributed by atoms with Crippen LogP contribution in [0.5, 0.6) is 0 Å². The Morgan fingerprint density at radius 2 is 1.11 bits per heavy atom. The van der Waals surface area contributed by atoms with E-state index in [1.165, 1.54) is 10.4 Å². The molecule has 398 valence electrons. The van der Waals surface area contributed by atoms with E-state index in [4.69, 9.17) is 24.6 Å². The van der Waals surface area contributed by atoms with E-state index < -0.39 is 39.7 Å². The molecule has 0 aliphatic heterocycles. The fourth-order valence-electron chi connectivity index (χ4n) is 9.35. The highest BCUT2D eigenvalue weighted by Crippen LogP contribution is 2.44. The molecule has 1 unspecified atom stereocenters. The van der Waals surface area contributed by atoms with Gasteiger partial charge in [-0.05, 0) is 133 Å². The molecule has 0 aromatic heterocycles. The maximum Gasteiger partial charge on any atom is 0.333 e. The first kappa shape index (κ1) is 61.4. The van der Waals surface area contributed by atoms with Gasteiger partial charge in [0, 0.05) is 38.3 Å². The van der Waals surface area contributed by atoms with Gasteiger partial charge in [0.25, 0.3) is 18.2 Å². The number of sulfone groups is 1. The van der Waals surface area contributed by atoms with Crippen LogP contribution in [0, 0.1) is 25.3 Å². The smallest absolute Gasteiger partial charge is 0.333 e. The Balaban J connectivity index is 1.59. The Kier molecular flexibility index (Phi) is 22.2. The average molecular weight is 1050 g/mol. The Morgan fingerprint density at radius 1 is 0.597 bits per heavy atom. The molecule has 5 atom stereocenters. The molecule has 0 spiro atoms. The van der Waals surface area contributed by atoms with Crippen molar-refractivity contribution in [2.75, 3.05) is 13.2 Å². The van der Waals surface area contributed by atoms with E-state index in [-0.39, 0.29) is 56.9 Å². The maximum absolute atomic E-state index is 15.1. The van der Waals surface area contributed by atoms with Crippen LogP contribution in [0.3, 0.4) is 0 Å². The maximum atomic E-state index is 15.1. The lowest BCUT2D eigenvalue weighted by molar-refractivity contribution is 0.0776. The van der Waals surface area contributed by atoms with E-state index in [1.54, 1.807) is 12.1 Å². The third-order valence-corrected chi connectivity index (χ3v) is 32.6. The van der Waals surface area contributed by atoms with Gasteiger partial charge in [0.1, 0.15) is 0 Å². The van der Waals surface area contributed by atoms with Crippen LogP contribution in [0.4, 0.5) is 0 Å². The normalized spacial score (nSPS) is 15.8. The second-order valence-corrected chi connectivity index (χ2v) is 41.1. The van der Waals surface area contributed by atoms with Crippen molar-refractivity contribution < 1.29 is 26.4 Å². The van der Waals surface area contributed by atoms with Crippen molar-refractivity contribution in [1.29, 1.82) is 0 Å². The molecule has 0 saturated heterocycles. The molecule has 0 fully saturated rings. The Morgan fingerprint density at radius 3 is 1.61 bits per heavy atom. The summed E-state index contributed by atoms with van der Waals surface area (Å²) >= 11 is 0. The minimum Gasteiger partial charge on any atom is -0.414 e.